The van der Waals surface area contributed by atoms with Gasteiger partial charge in [-0.2, -0.15) is 0 Å². The van der Waals surface area contributed by atoms with Crippen LogP contribution in [0, 0.1) is 12.8 Å². The van der Waals surface area contributed by atoms with Gasteiger partial charge in [0.1, 0.15) is 17.3 Å². The summed E-state index contributed by atoms with van der Waals surface area (Å²) < 4.78 is 12.0. The minimum atomic E-state index is -1.02. The lowest BCUT2D eigenvalue weighted by Crippen LogP contribution is -2.30. The number of anilines is 1. The molecule has 2 N–H and O–H groups in total. The fraction of sp³-hybridized carbons (Fsp3) is 0.667. The van der Waals surface area contributed by atoms with E-state index in [0.717, 1.165) is 17.0 Å². The Kier molecular flexibility index (Phi) is 4.09. The maximum absolute atomic E-state index is 12.0. The first-order chi connectivity index (χ1) is 8.52. The number of hydrogen-bond donors (Lipinski definition) is 2. The van der Waals surface area contributed by atoms with Crippen molar-refractivity contribution in [3.05, 3.63) is 11.5 Å². The fourth-order valence-electron chi connectivity index (χ4n) is 2.02. The van der Waals surface area contributed by atoms with Crippen molar-refractivity contribution in [1.82, 2.24) is 9.97 Å². The van der Waals surface area contributed by atoms with Gasteiger partial charge in [-0.3, -0.25) is 0 Å². The minimum absolute atomic E-state index is 0.0299. The first kappa shape index (κ1) is 13.6. The summed E-state index contributed by atoms with van der Waals surface area (Å²) in [6, 6.07) is -0.0824. The molecular weight excluding hydrogens is 250 g/mol. The van der Waals surface area contributed by atoms with Crippen molar-refractivity contribution in [3.63, 3.8) is 0 Å². The van der Waals surface area contributed by atoms with Crippen LogP contribution in [0.3, 0.4) is 0 Å². The van der Waals surface area contributed by atoms with Crippen LogP contribution in [-0.4, -0.2) is 38.0 Å². The molecule has 0 saturated carbocycles. The number of hydrogen-bond acceptors (Lipinski definition) is 5. The second-order valence-corrected chi connectivity index (χ2v) is 6.38. The van der Waals surface area contributed by atoms with Crippen molar-refractivity contribution in [1.29, 1.82) is 0 Å². The van der Waals surface area contributed by atoms with Gasteiger partial charge in [-0.25, -0.2) is 9.97 Å². The van der Waals surface area contributed by atoms with Gasteiger partial charge in [-0.15, -0.1) is 0 Å². The maximum Gasteiger partial charge on any atom is 0.216 e. The molecule has 0 fully saturated rings. The highest BCUT2D eigenvalue weighted by Crippen LogP contribution is 2.31. The summed E-state index contributed by atoms with van der Waals surface area (Å²) in [5, 5.41) is 12.6. The van der Waals surface area contributed by atoms with E-state index >= 15 is 0 Å². The second-order valence-electron chi connectivity index (χ2n) is 4.87. The van der Waals surface area contributed by atoms with Gasteiger partial charge in [-0.1, -0.05) is 13.8 Å². The number of aromatic nitrogens is 2. The van der Waals surface area contributed by atoms with Crippen LogP contribution in [0.4, 0.5) is 5.82 Å². The van der Waals surface area contributed by atoms with E-state index in [9.17, 15) is 9.66 Å². The van der Waals surface area contributed by atoms with E-state index in [1.165, 1.54) is 0 Å². The van der Waals surface area contributed by atoms with Crippen LogP contribution < -0.4 is 5.32 Å². The summed E-state index contributed by atoms with van der Waals surface area (Å²) >= 11 is -1.02. The molecule has 0 amide bonds. The second kappa shape index (κ2) is 5.42. The molecule has 2 heterocycles. The van der Waals surface area contributed by atoms with Gasteiger partial charge >= 0.3 is 0 Å². The number of nitrogens with zero attached hydrogens (tertiary/aromatic N) is 2. The van der Waals surface area contributed by atoms with E-state index in [4.69, 9.17) is 0 Å². The molecule has 1 aromatic rings. The predicted molar refractivity (Wildman–Crippen MR) is 71.1 cm³/mol. The third-order valence-electron chi connectivity index (χ3n) is 3.12. The lowest BCUT2D eigenvalue weighted by Gasteiger charge is -2.21. The molecule has 2 rings (SSSR count). The van der Waals surface area contributed by atoms with Gasteiger partial charge in [0.25, 0.3) is 0 Å². The SMILES string of the molecule is Cc1nc2c(c(N[C@@H](CO)C(C)C)n1)[S+]([O-])CC2. The van der Waals surface area contributed by atoms with Gasteiger partial charge in [0.05, 0.1) is 12.6 Å². The quantitative estimate of drug-likeness (QED) is 0.793. The van der Waals surface area contributed by atoms with Gasteiger partial charge < -0.3 is 15.0 Å². The van der Waals surface area contributed by atoms with Crippen molar-refractivity contribution in [2.24, 2.45) is 5.92 Å². The standard InChI is InChI=1S/C12H19N3O2S/c1-7(2)10(6-16)15-12-11-9(4-5-18(11)17)13-8(3)14-12/h7,10,16H,4-6H2,1-3H3,(H,13,14,15)/t10-,18?/m0/s1. The molecular formula is C12H19N3O2S. The smallest absolute Gasteiger partial charge is 0.216 e. The molecule has 100 valence electrons. The third kappa shape index (κ3) is 2.60. The molecule has 18 heavy (non-hydrogen) atoms. The van der Waals surface area contributed by atoms with E-state index in [-0.39, 0.29) is 18.6 Å². The van der Waals surface area contributed by atoms with Crippen LogP contribution >= 0.6 is 0 Å². The summed E-state index contributed by atoms with van der Waals surface area (Å²) in [6.07, 6.45) is 0.742. The third-order valence-corrected chi connectivity index (χ3v) is 4.58. The number of aliphatic hydroxyl groups excluding tert-OH is 1. The summed E-state index contributed by atoms with van der Waals surface area (Å²) in [5.74, 6) is 2.20. The Balaban J connectivity index is 2.33. The van der Waals surface area contributed by atoms with E-state index in [1.54, 1.807) is 0 Å². The minimum Gasteiger partial charge on any atom is -0.611 e. The molecule has 0 bridgehead atoms. The highest BCUT2D eigenvalue weighted by molar-refractivity contribution is 7.91. The largest absolute Gasteiger partial charge is 0.611 e. The first-order valence-corrected chi connectivity index (χ1v) is 7.48. The Hall–Kier alpha value is -0.850. The molecule has 0 saturated heterocycles. The molecule has 1 aromatic heterocycles. The van der Waals surface area contributed by atoms with Crippen molar-refractivity contribution in [2.75, 3.05) is 17.7 Å². The number of rotatable bonds is 4. The summed E-state index contributed by atoms with van der Waals surface area (Å²) in [4.78, 5) is 9.40. The van der Waals surface area contributed by atoms with Gasteiger partial charge in [0.2, 0.25) is 4.90 Å². The highest BCUT2D eigenvalue weighted by Gasteiger charge is 2.32. The van der Waals surface area contributed by atoms with Crippen LogP contribution in [0.2, 0.25) is 0 Å². The van der Waals surface area contributed by atoms with Crippen LogP contribution in [-0.2, 0) is 17.6 Å². The average Bonchev–Trinajstić information content (AvgIpc) is 2.67. The zero-order chi connectivity index (χ0) is 13.3. The normalized spacial score (nSPS) is 20.0. The lowest BCUT2D eigenvalue weighted by molar-refractivity contribution is 0.248. The monoisotopic (exact) mass is 269 g/mol. The number of aliphatic hydroxyl groups is 1. The first-order valence-electron chi connectivity index (χ1n) is 6.16. The van der Waals surface area contributed by atoms with Crippen LogP contribution in [0.1, 0.15) is 25.4 Å². The molecule has 0 aromatic carbocycles. The van der Waals surface area contributed by atoms with Gasteiger partial charge in [0, 0.05) is 6.42 Å². The van der Waals surface area contributed by atoms with Crippen molar-refractivity contribution in [3.8, 4) is 0 Å². The summed E-state index contributed by atoms with van der Waals surface area (Å²) in [7, 11) is 0. The molecule has 5 nitrogen and oxygen atoms in total. The maximum atomic E-state index is 12.0. The van der Waals surface area contributed by atoms with Crippen LogP contribution in [0.15, 0.2) is 4.90 Å². The van der Waals surface area contributed by atoms with E-state index in [2.05, 4.69) is 15.3 Å². The highest BCUT2D eigenvalue weighted by atomic mass is 32.2. The number of aryl methyl sites for hydroxylation is 2. The topological polar surface area (TPSA) is 81.1 Å². The van der Waals surface area contributed by atoms with Gasteiger partial charge in [0.15, 0.2) is 5.82 Å². The number of fused-ring (bicyclic) bond motifs is 1. The van der Waals surface area contributed by atoms with E-state index < -0.39 is 11.2 Å². The molecule has 1 aliphatic rings. The summed E-state index contributed by atoms with van der Waals surface area (Å²) in [5.41, 5.74) is 0.878. The summed E-state index contributed by atoms with van der Waals surface area (Å²) in [6.45, 7) is 5.91. The number of nitrogens with one attached hydrogen (secondary N) is 1. The molecule has 1 unspecified atom stereocenters. The Morgan fingerprint density at radius 1 is 1.44 bits per heavy atom. The molecule has 6 heteroatoms. The van der Waals surface area contributed by atoms with E-state index in [0.29, 0.717) is 17.4 Å². The van der Waals surface area contributed by atoms with Crippen molar-refractivity contribution in [2.45, 2.75) is 38.1 Å². The Morgan fingerprint density at radius 3 is 2.78 bits per heavy atom. The fourth-order valence-corrected chi connectivity index (χ4v) is 3.33. The molecule has 0 spiro atoms. The Morgan fingerprint density at radius 2 is 2.17 bits per heavy atom. The van der Waals surface area contributed by atoms with E-state index in [1.807, 2.05) is 20.8 Å². The molecule has 0 radical (unpaired) electrons. The van der Waals surface area contributed by atoms with Crippen LogP contribution in [0.25, 0.3) is 0 Å². The van der Waals surface area contributed by atoms with Crippen molar-refractivity contribution >= 4 is 17.0 Å². The zero-order valence-electron chi connectivity index (χ0n) is 10.9. The van der Waals surface area contributed by atoms with Crippen molar-refractivity contribution < 1.29 is 9.66 Å². The zero-order valence-corrected chi connectivity index (χ0v) is 11.8. The molecule has 0 aliphatic carbocycles. The lowest BCUT2D eigenvalue weighted by atomic mass is 10.1. The molecule has 2 atom stereocenters. The van der Waals surface area contributed by atoms with Gasteiger partial charge in [-0.05, 0) is 24.0 Å². The predicted octanol–water partition coefficient (Wildman–Crippen LogP) is 0.878. The average molecular weight is 269 g/mol. The Bertz CT molecular complexity index is 440. The molecule has 1 aliphatic heterocycles. The Labute approximate surface area is 110 Å². The van der Waals surface area contributed by atoms with Crippen LogP contribution in [0.5, 0.6) is 0 Å².